The molecule has 2 heterocycles. The molecule has 0 saturated carbocycles. The van der Waals surface area contributed by atoms with Gasteiger partial charge in [0, 0.05) is 38.3 Å². The van der Waals surface area contributed by atoms with Crippen molar-refractivity contribution in [3.63, 3.8) is 0 Å². The first kappa shape index (κ1) is 27.6. The zero-order chi connectivity index (χ0) is 39.3. The maximum absolute atomic E-state index is 13.2. The topological polar surface area (TPSA) is 185 Å². The number of hydrogen-bond acceptors (Lipinski definition) is 15. The summed E-state index contributed by atoms with van der Waals surface area (Å²) in [6.07, 6.45) is -8.13. The smallest absolute Gasteiger partial charge is 0.342 e. The van der Waals surface area contributed by atoms with Crippen molar-refractivity contribution in [2.45, 2.75) is 91.2 Å². The summed E-state index contributed by atoms with van der Waals surface area (Å²) >= 11 is 0. The lowest BCUT2D eigenvalue weighted by molar-refractivity contribution is -0.282. The first-order valence-electron chi connectivity index (χ1n) is 16.9. The van der Waals surface area contributed by atoms with E-state index in [0.29, 0.717) is 5.57 Å². The van der Waals surface area contributed by atoms with Gasteiger partial charge in [-0.1, -0.05) is 11.6 Å². The Bertz CT molecular complexity index is 1620. The van der Waals surface area contributed by atoms with Crippen LogP contribution in [0.3, 0.4) is 0 Å². The van der Waals surface area contributed by atoms with Crippen molar-refractivity contribution in [3.05, 3.63) is 33.9 Å². The molecule has 0 radical (unpaired) electrons. The first-order chi connectivity index (χ1) is 24.0. The van der Waals surface area contributed by atoms with E-state index >= 15 is 0 Å². The van der Waals surface area contributed by atoms with Crippen molar-refractivity contribution in [2.75, 3.05) is 21.2 Å². The molecule has 0 amide bonds. The van der Waals surface area contributed by atoms with Crippen LogP contribution >= 0.6 is 0 Å². The summed E-state index contributed by atoms with van der Waals surface area (Å²) in [7, 11) is -4.99. The van der Waals surface area contributed by atoms with Gasteiger partial charge in [-0.15, -0.1) is 0 Å². The Kier molecular flexibility index (Phi) is 9.35. The van der Waals surface area contributed by atoms with Crippen LogP contribution in [0.5, 0.6) is 11.5 Å². The maximum Gasteiger partial charge on any atom is 0.342 e. The normalized spacial score (nSPS) is 24.6. The van der Waals surface area contributed by atoms with E-state index in [1.165, 1.54) is 13.0 Å². The van der Waals surface area contributed by atoms with E-state index in [2.05, 4.69) is 4.74 Å². The third-order valence-electron chi connectivity index (χ3n) is 7.08. The number of methoxy groups -OCH3 is 3. The largest absolute Gasteiger partial charge is 0.496 e. The molecule has 252 valence electrons. The summed E-state index contributed by atoms with van der Waals surface area (Å²) in [6, 6.07) is 0. The first-order valence-corrected chi connectivity index (χ1v) is 13.9. The molecule has 3 rings (SSSR count). The molecule has 0 bridgehead atoms. The molecule has 1 aromatic rings. The number of ether oxygens (including phenoxy) is 9. The van der Waals surface area contributed by atoms with Gasteiger partial charge >= 0.3 is 35.8 Å². The van der Waals surface area contributed by atoms with E-state index in [1.807, 2.05) is 0 Å². The number of cyclic esters (lactones) is 1. The van der Waals surface area contributed by atoms with Crippen molar-refractivity contribution in [1.29, 1.82) is 0 Å². The predicted molar refractivity (Wildman–Crippen MR) is 154 cm³/mol. The minimum Gasteiger partial charge on any atom is -0.496 e. The summed E-state index contributed by atoms with van der Waals surface area (Å²) in [5.74, 6) is -6.57. The molecule has 15 heteroatoms. The third-order valence-corrected chi connectivity index (χ3v) is 7.08. The average Bonchev–Trinajstić information content (AvgIpc) is 3.39. The van der Waals surface area contributed by atoms with Crippen molar-refractivity contribution < 1.29 is 79.6 Å². The van der Waals surface area contributed by atoms with Crippen molar-refractivity contribution in [2.24, 2.45) is 0 Å². The highest BCUT2D eigenvalue weighted by molar-refractivity contribution is 5.98. The quantitative estimate of drug-likeness (QED) is 0.181. The van der Waals surface area contributed by atoms with E-state index in [9.17, 15) is 28.8 Å². The number of rotatable bonds is 12. The van der Waals surface area contributed by atoms with Crippen molar-refractivity contribution in [3.8, 4) is 11.5 Å². The summed E-state index contributed by atoms with van der Waals surface area (Å²) < 4.78 is 92.8. The molecule has 1 aromatic carbocycles. The summed E-state index contributed by atoms with van der Waals surface area (Å²) in [5.41, 5.74) is 0.554. The van der Waals surface area contributed by atoms with E-state index in [1.54, 1.807) is 6.92 Å². The van der Waals surface area contributed by atoms with E-state index in [-0.39, 0.29) is 53.9 Å². The van der Waals surface area contributed by atoms with Crippen LogP contribution < -0.4 is 9.47 Å². The molecule has 0 aliphatic carbocycles. The standard InChI is InChI=1S/C31H38O15/c1-14(10-12-21(35)38-6)9-11-19-23(39-7)15(2)20-13-41-29(36)22(20)24(19)45-31-28(44-18(5)34)26(43-17(4)33)25(42-16(3)32)27(46-31)30(37)40-8/h9,25-28,31H,10-13H2,1-8H3/b14-9+/t25-,26-,27-,28+,31+/m0/s1/i6D3,7D3. The minimum absolute atomic E-state index is 0.00913. The van der Waals surface area contributed by atoms with Gasteiger partial charge < -0.3 is 42.6 Å². The third kappa shape index (κ3) is 8.13. The molecule has 5 atom stereocenters. The van der Waals surface area contributed by atoms with Crippen molar-refractivity contribution >= 4 is 35.8 Å². The highest BCUT2D eigenvalue weighted by atomic mass is 16.7. The van der Waals surface area contributed by atoms with Crippen LogP contribution in [0.4, 0.5) is 0 Å². The Hall–Kier alpha value is -4.66. The number of esters is 6. The number of fused-ring (bicyclic) bond motifs is 1. The van der Waals surface area contributed by atoms with Gasteiger partial charge in [-0.3, -0.25) is 19.2 Å². The molecular weight excluding hydrogens is 612 g/mol. The lowest BCUT2D eigenvalue weighted by Crippen LogP contribution is -2.64. The number of hydrogen-bond donors (Lipinski definition) is 0. The van der Waals surface area contributed by atoms with Gasteiger partial charge in [-0.05, 0) is 32.3 Å². The van der Waals surface area contributed by atoms with E-state index < -0.39 is 86.3 Å². The van der Waals surface area contributed by atoms with E-state index in [4.69, 9.17) is 46.1 Å². The summed E-state index contributed by atoms with van der Waals surface area (Å²) in [5, 5.41) is 0. The predicted octanol–water partition coefficient (Wildman–Crippen LogP) is 2.19. The van der Waals surface area contributed by atoms with Gasteiger partial charge in [-0.2, -0.15) is 0 Å². The molecule has 1 fully saturated rings. The zero-order valence-corrected chi connectivity index (χ0v) is 25.9. The highest BCUT2D eigenvalue weighted by Gasteiger charge is 2.56. The molecule has 46 heavy (non-hydrogen) atoms. The number of allylic oxidation sites excluding steroid dienone is 2. The Morgan fingerprint density at radius 3 is 2.15 bits per heavy atom. The van der Waals surface area contributed by atoms with Crippen LogP contribution in [0.25, 0.3) is 0 Å². The van der Waals surface area contributed by atoms with Crippen LogP contribution in [0, 0.1) is 6.92 Å². The Labute approximate surface area is 273 Å². The van der Waals surface area contributed by atoms with Crippen molar-refractivity contribution in [1.82, 2.24) is 0 Å². The number of carbonyl (C=O) groups is 6. The number of benzene rings is 1. The molecule has 1 saturated heterocycles. The Morgan fingerprint density at radius 2 is 1.54 bits per heavy atom. The van der Waals surface area contributed by atoms with Crippen LogP contribution in [-0.4, -0.2) is 87.7 Å². The SMILES string of the molecule is [2H]C([2H])([2H])OC(=O)CC/C(C)=C/Cc1c(OC([2H])([2H])[2H])c(C)c2c(c1O[C@@H]1O[C@H](C(=O)OC)[C@@H](OC(C)=O)[C@H](OC(C)=O)[C@H]1OC(C)=O)C(=O)OC2. The Balaban J connectivity index is 2.25. The molecule has 0 spiro atoms. The van der Waals surface area contributed by atoms with Gasteiger partial charge in [0.15, 0.2) is 18.3 Å². The summed E-state index contributed by atoms with van der Waals surface area (Å²) in [4.78, 5) is 74.9. The summed E-state index contributed by atoms with van der Waals surface area (Å²) in [6.45, 7) is 5.71. The second-order valence-electron chi connectivity index (χ2n) is 10.3. The zero-order valence-electron chi connectivity index (χ0n) is 31.9. The fraction of sp³-hybridized carbons (Fsp3) is 0.548. The second kappa shape index (κ2) is 15.6. The average molecular weight is 657 g/mol. The highest BCUT2D eigenvalue weighted by Crippen LogP contribution is 2.44. The van der Waals surface area contributed by atoms with Gasteiger partial charge in [-0.25, -0.2) is 9.59 Å². The molecule has 0 unspecified atom stereocenters. The molecule has 0 N–H and O–H groups in total. The monoisotopic (exact) mass is 656 g/mol. The van der Waals surface area contributed by atoms with Gasteiger partial charge in [0.2, 0.25) is 12.4 Å². The fourth-order valence-electron chi connectivity index (χ4n) is 5.02. The minimum atomic E-state index is -3.04. The molecule has 15 nitrogen and oxygen atoms in total. The van der Waals surface area contributed by atoms with Crippen LogP contribution in [0.1, 0.15) is 75.8 Å². The fourth-order valence-corrected chi connectivity index (χ4v) is 5.02. The van der Waals surface area contributed by atoms with Crippen LogP contribution in [-0.2, 0) is 70.2 Å². The lowest BCUT2D eigenvalue weighted by atomic mass is 9.94. The molecule has 0 aromatic heterocycles. The molecule has 2 aliphatic heterocycles. The van der Waals surface area contributed by atoms with Gasteiger partial charge in [0.05, 0.1) is 29.4 Å². The maximum atomic E-state index is 13.2. The lowest BCUT2D eigenvalue weighted by Gasteiger charge is -2.43. The van der Waals surface area contributed by atoms with Gasteiger partial charge in [0.1, 0.15) is 23.7 Å². The second-order valence-corrected chi connectivity index (χ2v) is 10.3. The van der Waals surface area contributed by atoms with Gasteiger partial charge in [0.25, 0.3) is 0 Å². The van der Waals surface area contributed by atoms with E-state index in [0.717, 1.165) is 27.9 Å². The molecule has 2 aliphatic rings. The Morgan fingerprint density at radius 1 is 0.891 bits per heavy atom. The number of carbonyl (C=O) groups excluding carboxylic acids is 6. The van der Waals surface area contributed by atoms with Crippen LogP contribution in [0.15, 0.2) is 11.6 Å². The van der Waals surface area contributed by atoms with Crippen LogP contribution in [0.2, 0.25) is 0 Å². The molecular formula is C31H38O15.